The number of guanidine groups is 1. The SMILES string of the molecule is CCc1noc(CC)c1CNC(=NC)NCCNS(=O)(=O)c1ccccc1.I. The van der Waals surface area contributed by atoms with Crippen molar-refractivity contribution in [1.82, 2.24) is 20.5 Å². The van der Waals surface area contributed by atoms with Crippen molar-refractivity contribution >= 4 is 40.0 Å². The molecule has 2 rings (SSSR count). The maximum atomic E-state index is 12.2. The molecule has 1 aromatic carbocycles. The van der Waals surface area contributed by atoms with Crippen LogP contribution in [-0.2, 0) is 29.4 Å². The molecule has 2 aromatic rings. The second-order valence-corrected chi connectivity index (χ2v) is 7.57. The highest BCUT2D eigenvalue weighted by atomic mass is 127. The van der Waals surface area contributed by atoms with Crippen molar-refractivity contribution in [3.05, 3.63) is 47.3 Å². The normalized spacial score (nSPS) is 11.8. The first-order valence-electron chi connectivity index (χ1n) is 8.97. The van der Waals surface area contributed by atoms with Crippen LogP contribution in [0, 0.1) is 0 Å². The molecule has 0 amide bonds. The molecule has 156 valence electrons. The third-order valence-electron chi connectivity index (χ3n) is 4.03. The van der Waals surface area contributed by atoms with Gasteiger partial charge in [0.15, 0.2) is 5.96 Å². The fraction of sp³-hybridized carbons (Fsp3) is 0.444. The predicted octanol–water partition coefficient (Wildman–Crippen LogP) is 2.06. The summed E-state index contributed by atoms with van der Waals surface area (Å²) >= 11 is 0. The van der Waals surface area contributed by atoms with E-state index in [-0.39, 0.29) is 35.4 Å². The first-order valence-corrected chi connectivity index (χ1v) is 10.5. The van der Waals surface area contributed by atoms with Gasteiger partial charge in [-0.15, -0.1) is 24.0 Å². The van der Waals surface area contributed by atoms with Gasteiger partial charge in [-0.3, -0.25) is 4.99 Å². The van der Waals surface area contributed by atoms with Crippen LogP contribution in [0.4, 0.5) is 0 Å². The number of nitrogens with zero attached hydrogens (tertiary/aromatic N) is 2. The van der Waals surface area contributed by atoms with Crippen molar-refractivity contribution in [3.8, 4) is 0 Å². The minimum atomic E-state index is -3.50. The van der Waals surface area contributed by atoms with E-state index in [4.69, 9.17) is 4.52 Å². The zero-order valence-corrected chi connectivity index (χ0v) is 19.5. The van der Waals surface area contributed by atoms with Gasteiger partial charge in [-0.2, -0.15) is 0 Å². The van der Waals surface area contributed by atoms with E-state index in [2.05, 4.69) is 25.5 Å². The third kappa shape index (κ3) is 6.74. The molecule has 28 heavy (non-hydrogen) atoms. The molecule has 0 fully saturated rings. The van der Waals surface area contributed by atoms with Gasteiger partial charge < -0.3 is 15.2 Å². The number of aryl methyl sites for hydroxylation is 2. The summed E-state index contributed by atoms with van der Waals surface area (Å²) in [6.07, 6.45) is 1.57. The standard InChI is InChI=1S/C18H27N5O3S.HI/c1-4-16-15(17(5-2)26-23-16)13-21-18(19-3)20-11-12-22-27(24,25)14-9-7-6-8-10-14;/h6-10,22H,4-5,11-13H2,1-3H3,(H2,19,20,21);1H. The summed E-state index contributed by atoms with van der Waals surface area (Å²) in [5.74, 6) is 1.45. The smallest absolute Gasteiger partial charge is 0.240 e. The molecule has 0 spiro atoms. The van der Waals surface area contributed by atoms with Crippen LogP contribution in [0.2, 0.25) is 0 Å². The summed E-state index contributed by atoms with van der Waals surface area (Å²) in [4.78, 5) is 4.41. The summed E-state index contributed by atoms with van der Waals surface area (Å²) in [5.41, 5.74) is 1.98. The highest BCUT2D eigenvalue weighted by Crippen LogP contribution is 2.15. The van der Waals surface area contributed by atoms with E-state index in [9.17, 15) is 8.42 Å². The van der Waals surface area contributed by atoms with Gasteiger partial charge in [0.25, 0.3) is 0 Å². The van der Waals surface area contributed by atoms with Crippen LogP contribution < -0.4 is 15.4 Å². The Bertz CT molecular complexity index is 832. The monoisotopic (exact) mass is 521 g/mol. The second kappa shape index (κ2) is 12.0. The van der Waals surface area contributed by atoms with Crippen molar-refractivity contribution in [2.24, 2.45) is 4.99 Å². The molecule has 0 aliphatic heterocycles. The van der Waals surface area contributed by atoms with E-state index in [0.29, 0.717) is 19.0 Å². The lowest BCUT2D eigenvalue weighted by Crippen LogP contribution is -2.41. The molecular weight excluding hydrogens is 493 g/mol. The fourth-order valence-corrected chi connectivity index (χ4v) is 3.63. The van der Waals surface area contributed by atoms with Gasteiger partial charge in [-0.25, -0.2) is 13.1 Å². The Hall–Kier alpha value is -1.66. The van der Waals surface area contributed by atoms with E-state index in [0.717, 1.165) is 29.9 Å². The summed E-state index contributed by atoms with van der Waals surface area (Å²) < 4.78 is 32.2. The number of aliphatic imine (C=N–C) groups is 1. The molecule has 1 heterocycles. The molecule has 0 aliphatic rings. The zero-order valence-electron chi connectivity index (χ0n) is 16.4. The van der Waals surface area contributed by atoms with Crippen molar-refractivity contribution in [2.75, 3.05) is 20.1 Å². The van der Waals surface area contributed by atoms with E-state index < -0.39 is 10.0 Å². The van der Waals surface area contributed by atoms with Crippen LogP contribution in [0.15, 0.2) is 44.7 Å². The lowest BCUT2D eigenvalue weighted by atomic mass is 10.1. The lowest BCUT2D eigenvalue weighted by molar-refractivity contribution is 0.380. The highest BCUT2D eigenvalue weighted by Gasteiger charge is 2.14. The maximum absolute atomic E-state index is 12.2. The summed E-state index contributed by atoms with van der Waals surface area (Å²) in [6, 6.07) is 8.29. The minimum Gasteiger partial charge on any atom is -0.361 e. The molecule has 0 atom stereocenters. The number of benzene rings is 1. The number of nitrogens with one attached hydrogen (secondary N) is 3. The van der Waals surface area contributed by atoms with Gasteiger partial charge in [0.1, 0.15) is 5.76 Å². The average molecular weight is 521 g/mol. The van der Waals surface area contributed by atoms with E-state index in [1.54, 1.807) is 37.4 Å². The summed E-state index contributed by atoms with van der Waals surface area (Å²) in [6.45, 7) is 5.25. The van der Waals surface area contributed by atoms with Gasteiger partial charge in [0.2, 0.25) is 10.0 Å². The van der Waals surface area contributed by atoms with Crippen molar-refractivity contribution in [3.63, 3.8) is 0 Å². The molecular formula is C18H28IN5O3S. The molecule has 0 saturated carbocycles. The number of hydrogen-bond donors (Lipinski definition) is 3. The Morgan fingerprint density at radius 1 is 1.11 bits per heavy atom. The zero-order chi connectivity index (χ0) is 19.7. The molecule has 0 aliphatic carbocycles. The number of sulfonamides is 1. The van der Waals surface area contributed by atoms with Crippen molar-refractivity contribution < 1.29 is 12.9 Å². The fourth-order valence-electron chi connectivity index (χ4n) is 2.58. The van der Waals surface area contributed by atoms with Gasteiger partial charge in [0, 0.05) is 38.7 Å². The number of aromatic nitrogens is 1. The molecule has 0 bridgehead atoms. The Labute approximate surface area is 183 Å². The summed E-state index contributed by atoms with van der Waals surface area (Å²) in [7, 11) is -1.84. The molecule has 3 N–H and O–H groups in total. The third-order valence-corrected chi connectivity index (χ3v) is 5.50. The molecule has 8 nitrogen and oxygen atoms in total. The summed E-state index contributed by atoms with van der Waals surface area (Å²) in [5, 5.41) is 10.4. The quantitative estimate of drug-likeness (QED) is 0.202. The Balaban J connectivity index is 0.00000392. The van der Waals surface area contributed by atoms with E-state index >= 15 is 0 Å². The van der Waals surface area contributed by atoms with Crippen molar-refractivity contribution in [2.45, 2.75) is 38.1 Å². The van der Waals surface area contributed by atoms with E-state index in [1.165, 1.54) is 0 Å². The van der Waals surface area contributed by atoms with Crippen LogP contribution in [0.25, 0.3) is 0 Å². The van der Waals surface area contributed by atoms with Crippen LogP contribution in [0.1, 0.15) is 30.9 Å². The van der Waals surface area contributed by atoms with Gasteiger partial charge in [0.05, 0.1) is 10.6 Å². The van der Waals surface area contributed by atoms with Gasteiger partial charge in [-0.05, 0) is 18.6 Å². The minimum absolute atomic E-state index is 0. The second-order valence-electron chi connectivity index (χ2n) is 5.80. The predicted molar refractivity (Wildman–Crippen MR) is 121 cm³/mol. The molecule has 1 aromatic heterocycles. The maximum Gasteiger partial charge on any atom is 0.240 e. The van der Waals surface area contributed by atoms with Gasteiger partial charge >= 0.3 is 0 Å². The molecule has 10 heteroatoms. The Kier molecular flexibility index (Phi) is 10.5. The number of halogens is 1. The van der Waals surface area contributed by atoms with Gasteiger partial charge in [-0.1, -0.05) is 37.2 Å². The molecule has 0 unspecified atom stereocenters. The number of hydrogen-bond acceptors (Lipinski definition) is 5. The van der Waals surface area contributed by atoms with Crippen LogP contribution in [0.3, 0.4) is 0 Å². The lowest BCUT2D eigenvalue weighted by Gasteiger charge is -2.13. The Morgan fingerprint density at radius 3 is 2.43 bits per heavy atom. The topological polar surface area (TPSA) is 109 Å². The van der Waals surface area contributed by atoms with Crippen LogP contribution >= 0.6 is 24.0 Å². The largest absolute Gasteiger partial charge is 0.361 e. The van der Waals surface area contributed by atoms with Crippen molar-refractivity contribution in [1.29, 1.82) is 0 Å². The number of rotatable bonds is 9. The molecule has 0 saturated heterocycles. The van der Waals surface area contributed by atoms with Crippen LogP contribution in [0.5, 0.6) is 0 Å². The van der Waals surface area contributed by atoms with Crippen LogP contribution in [-0.4, -0.2) is 39.7 Å². The average Bonchev–Trinajstić information content (AvgIpc) is 3.10. The Morgan fingerprint density at radius 2 is 1.82 bits per heavy atom. The van der Waals surface area contributed by atoms with E-state index in [1.807, 2.05) is 13.8 Å². The first-order chi connectivity index (χ1) is 13.0. The highest BCUT2D eigenvalue weighted by molar-refractivity contribution is 14.0. The molecule has 0 radical (unpaired) electrons. The first kappa shape index (κ1) is 24.4.